The molecule has 0 rings (SSSR count). The number of unbranched alkanes of at least 4 members (excludes halogenated alkanes) is 7. The first-order valence-corrected chi connectivity index (χ1v) is 6.46. The molecule has 0 fully saturated rings. The monoisotopic (exact) mass is 215 g/mol. The van der Waals surface area contributed by atoms with E-state index in [1.807, 2.05) is 6.92 Å². The van der Waals surface area contributed by atoms with Gasteiger partial charge in [-0.1, -0.05) is 51.9 Å². The lowest BCUT2D eigenvalue weighted by molar-refractivity contribution is 0.00241. The van der Waals surface area contributed by atoms with Crippen molar-refractivity contribution in [3.05, 3.63) is 0 Å². The van der Waals surface area contributed by atoms with E-state index < -0.39 is 5.72 Å². The third-order valence-electron chi connectivity index (χ3n) is 2.99. The van der Waals surface area contributed by atoms with Crippen LogP contribution in [0.4, 0.5) is 0 Å². The minimum absolute atomic E-state index is 0.414. The fraction of sp³-hybridized carbons (Fsp3) is 1.00. The van der Waals surface area contributed by atoms with E-state index >= 15 is 0 Å². The molecular formula is C13H29NO. The topological polar surface area (TPSA) is 35.2 Å². The molecule has 15 heavy (non-hydrogen) atoms. The van der Waals surface area contributed by atoms with Gasteiger partial charge in [0.15, 0.2) is 0 Å². The second-order valence-electron chi connectivity index (χ2n) is 4.74. The van der Waals surface area contributed by atoms with E-state index in [1.54, 1.807) is 7.11 Å². The Morgan fingerprint density at radius 1 is 0.933 bits per heavy atom. The highest BCUT2D eigenvalue weighted by Crippen LogP contribution is 2.14. The van der Waals surface area contributed by atoms with Crippen molar-refractivity contribution in [2.24, 2.45) is 5.73 Å². The highest BCUT2D eigenvalue weighted by Gasteiger charge is 2.15. The molecule has 0 aliphatic carbocycles. The van der Waals surface area contributed by atoms with E-state index in [0.717, 1.165) is 6.42 Å². The summed E-state index contributed by atoms with van der Waals surface area (Å²) in [7, 11) is 1.69. The zero-order chi connectivity index (χ0) is 11.6. The average molecular weight is 215 g/mol. The fourth-order valence-electron chi connectivity index (χ4n) is 1.71. The Morgan fingerprint density at radius 2 is 1.40 bits per heavy atom. The van der Waals surface area contributed by atoms with Crippen molar-refractivity contribution in [2.45, 2.75) is 77.4 Å². The maximum absolute atomic E-state index is 5.87. The second-order valence-corrected chi connectivity index (χ2v) is 4.74. The molecule has 1 atom stereocenters. The molecule has 0 saturated heterocycles. The van der Waals surface area contributed by atoms with Gasteiger partial charge in [0, 0.05) is 7.11 Å². The van der Waals surface area contributed by atoms with E-state index in [9.17, 15) is 0 Å². The Bertz CT molecular complexity index is 134. The normalized spacial score (nSPS) is 15.2. The molecule has 0 aliphatic heterocycles. The molecule has 0 amide bonds. The molecule has 2 N–H and O–H groups in total. The Hall–Kier alpha value is -0.0800. The highest BCUT2D eigenvalue weighted by atomic mass is 16.5. The van der Waals surface area contributed by atoms with Gasteiger partial charge >= 0.3 is 0 Å². The third kappa shape index (κ3) is 10.2. The van der Waals surface area contributed by atoms with Crippen molar-refractivity contribution in [2.75, 3.05) is 7.11 Å². The zero-order valence-electron chi connectivity index (χ0n) is 10.8. The number of hydrogen-bond acceptors (Lipinski definition) is 2. The van der Waals surface area contributed by atoms with Crippen LogP contribution in [0.5, 0.6) is 0 Å². The first kappa shape index (κ1) is 14.9. The second kappa shape index (κ2) is 9.17. The molecule has 0 spiro atoms. The Labute approximate surface area is 95.6 Å². The van der Waals surface area contributed by atoms with Crippen LogP contribution in [0, 0.1) is 0 Å². The van der Waals surface area contributed by atoms with Gasteiger partial charge in [0.2, 0.25) is 0 Å². The van der Waals surface area contributed by atoms with Crippen LogP contribution in [0.25, 0.3) is 0 Å². The molecule has 2 heteroatoms. The molecule has 92 valence electrons. The molecule has 0 aromatic rings. The molecule has 0 aromatic carbocycles. The molecule has 1 unspecified atom stereocenters. The van der Waals surface area contributed by atoms with E-state index in [-0.39, 0.29) is 0 Å². The van der Waals surface area contributed by atoms with Gasteiger partial charge in [-0.25, -0.2) is 0 Å². The van der Waals surface area contributed by atoms with Crippen molar-refractivity contribution >= 4 is 0 Å². The minimum Gasteiger partial charge on any atom is -0.364 e. The zero-order valence-corrected chi connectivity index (χ0v) is 10.8. The molecule has 0 aliphatic rings. The Kier molecular flexibility index (Phi) is 9.12. The quantitative estimate of drug-likeness (QED) is 0.444. The molecule has 0 bridgehead atoms. The average Bonchev–Trinajstić information content (AvgIpc) is 2.22. The van der Waals surface area contributed by atoms with E-state index in [2.05, 4.69) is 6.92 Å². The molecule has 0 radical (unpaired) electrons. The van der Waals surface area contributed by atoms with Crippen LogP contribution in [0.3, 0.4) is 0 Å². The summed E-state index contributed by atoms with van der Waals surface area (Å²) in [5.41, 5.74) is 5.46. The largest absolute Gasteiger partial charge is 0.364 e. The van der Waals surface area contributed by atoms with Crippen LogP contribution >= 0.6 is 0 Å². The van der Waals surface area contributed by atoms with Crippen LogP contribution in [-0.2, 0) is 4.74 Å². The smallest absolute Gasteiger partial charge is 0.113 e. The maximum Gasteiger partial charge on any atom is 0.113 e. The van der Waals surface area contributed by atoms with Crippen molar-refractivity contribution in [3.63, 3.8) is 0 Å². The number of hydrogen-bond donors (Lipinski definition) is 1. The summed E-state index contributed by atoms with van der Waals surface area (Å²) >= 11 is 0. The lowest BCUT2D eigenvalue weighted by Gasteiger charge is -2.22. The van der Waals surface area contributed by atoms with Gasteiger partial charge in [-0.3, -0.25) is 0 Å². The number of methoxy groups -OCH3 is 1. The molecule has 0 saturated carbocycles. The van der Waals surface area contributed by atoms with Crippen molar-refractivity contribution < 1.29 is 4.74 Å². The summed E-state index contributed by atoms with van der Waals surface area (Å²) < 4.78 is 5.18. The Balaban J connectivity index is 3.11. The summed E-state index contributed by atoms with van der Waals surface area (Å²) in [5, 5.41) is 0. The number of ether oxygens (including phenoxy) is 1. The van der Waals surface area contributed by atoms with E-state index in [4.69, 9.17) is 10.5 Å². The summed E-state index contributed by atoms with van der Waals surface area (Å²) in [5.74, 6) is 0. The number of nitrogens with two attached hydrogens (primary N) is 1. The van der Waals surface area contributed by atoms with Gasteiger partial charge in [0.1, 0.15) is 5.72 Å². The fourth-order valence-corrected chi connectivity index (χ4v) is 1.71. The van der Waals surface area contributed by atoms with Crippen LogP contribution in [0.2, 0.25) is 0 Å². The summed E-state index contributed by atoms with van der Waals surface area (Å²) in [4.78, 5) is 0. The predicted molar refractivity (Wildman–Crippen MR) is 66.8 cm³/mol. The van der Waals surface area contributed by atoms with E-state index in [1.165, 1.54) is 51.4 Å². The Morgan fingerprint density at radius 3 is 1.87 bits per heavy atom. The van der Waals surface area contributed by atoms with Gasteiger partial charge < -0.3 is 10.5 Å². The first-order valence-electron chi connectivity index (χ1n) is 6.46. The van der Waals surface area contributed by atoms with Gasteiger partial charge in [0.05, 0.1) is 0 Å². The maximum atomic E-state index is 5.87. The summed E-state index contributed by atoms with van der Waals surface area (Å²) in [6.45, 7) is 4.21. The van der Waals surface area contributed by atoms with Crippen LogP contribution < -0.4 is 5.73 Å². The lowest BCUT2D eigenvalue weighted by atomic mass is 10.0. The third-order valence-corrected chi connectivity index (χ3v) is 2.99. The highest BCUT2D eigenvalue weighted by molar-refractivity contribution is 4.65. The van der Waals surface area contributed by atoms with E-state index in [0.29, 0.717) is 0 Å². The molecule has 0 aromatic heterocycles. The van der Waals surface area contributed by atoms with Gasteiger partial charge in [-0.15, -0.1) is 0 Å². The molecular weight excluding hydrogens is 186 g/mol. The van der Waals surface area contributed by atoms with Gasteiger partial charge in [-0.2, -0.15) is 0 Å². The first-order chi connectivity index (χ1) is 7.12. The van der Waals surface area contributed by atoms with Crippen molar-refractivity contribution in [3.8, 4) is 0 Å². The van der Waals surface area contributed by atoms with Crippen molar-refractivity contribution in [1.29, 1.82) is 0 Å². The summed E-state index contributed by atoms with van der Waals surface area (Å²) in [6, 6.07) is 0. The van der Waals surface area contributed by atoms with Gasteiger partial charge in [-0.05, 0) is 19.8 Å². The lowest BCUT2D eigenvalue weighted by Crippen LogP contribution is -2.37. The molecule has 0 heterocycles. The summed E-state index contributed by atoms with van der Waals surface area (Å²) in [6.07, 6.45) is 11.7. The standard InChI is InChI=1S/C13H29NO/c1-4-5-6-7-8-9-10-11-12-13(2,14)15-3/h4-12,14H2,1-3H3. The number of rotatable bonds is 10. The van der Waals surface area contributed by atoms with Crippen LogP contribution in [-0.4, -0.2) is 12.8 Å². The minimum atomic E-state index is -0.414. The van der Waals surface area contributed by atoms with Crippen LogP contribution in [0.1, 0.15) is 71.6 Å². The van der Waals surface area contributed by atoms with Crippen molar-refractivity contribution in [1.82, 2.24) is 0 Å². The predicted octanol–water partition coefficient (Wildman–Crippen LogP) is 3.84. The van der Waals surface area contributed by atoms with Gasteiger partial charge in [0.25, 0.3) is 0 Å². The van der Waals surface area contributed by atoms with Crippen LogP contribution in [0.15, 0.2) is 0 Å². The molecule has 2 nitrogen and oxygen atoms in total. The SMILES string of the molecule is CCCCCCCCCCC(C)(N)OC.